The van der Waals surface area contributed by atoms with Gasteiger partial charge in [-0.15, -0.1) is 0 Å². The van der Waals surface area contributed by atoms with Crippen LogP contribution < -0.4 is 4.52 Å². The Labute approximate surface area is 126 Å². The van der Waals surface area contributed by atoms with Crippen LogP contribution >= 0.6 is 7.82 Å². The van der Waals surface area contributed by atoms with Gasteiger partial charge in [0.05, 0.1) is 11.7 Å². The van der Waals surface area contributed by atoms with Crippen LogP contribution in [0.25, 0.3) is 0 Å². The maximum absolute atomic E-state index is 11.0. The number of phenols is 2. The van der Waals surface area contributed by atoms with Gasteiger partial charge in [-0.2, -0.15) is 0 Å². The van der Waals surface area contributed by atoms with Crippen molar-refractivity contribution in [2.24, 2.45) is 0 Å². The third-order valence-electron chi connectivity index (χ3n) is 2.93. The molecule has 0 radical (unpaired) electrons. The number of rotatable bonds is 5. The monoisotopic (exact) mass is 326 g/mol. The van der Waals surface area contributed by atoms with Gasteiger partial charge in [0, 0.05) is 6.42 Å². The summed E-state index contributed by atoms with van der Waals surface area (Å²) in [6.07, 6.45) is -1.26. The molecule has 7 nitrogen and oxygen atoms in total. The molecule has 0 fully saturated rings. The van der Waals surface area contributed by atoms with E-state index in [2.05, 4.69) is 4.52 Å². The van der Waals surface area contributed by atoms with Crippen LogP contribution in [0, 0.1) is 0 Å². The molecule has 22 heavy (non-hydrogen) atoms. The first-order valence-corrected chi connectivity index (χ1v) is 7.82. The first-order chi connectivity index (χ1) is 10.3. The fourth-order valence-corrected chi connectivity index (χ4v) is 2.50. The zero-order valence-electron chi connectivity index (χ0n) is 11.3. The number of phosphoric ester groups is 1. The van der Waals surface area contributed by atoms with E-state index in [4.69, 9.17) is 9.79 Å². The molecular formula is C14H15O7P. The van der Waals surface area contributed by atoms with Gasteiger partial charge in [0.15, 0.2) is 0 Å². The van der Waals surface area contributed by atoms with Gasteiger partial charge in [-0.25, -0.2) is 4.57 Å². The zero-order chi connectivity index (χ0) is 16.3. The molecule has 1 atom stereocenters. The number of aliphatic hydroxyl groups is 1. The molecule has 2 aromatic rings. The molecule has 0 aliphatic carbocycles. The second-order valence-electron chi connectivity index (χ2n) is 4.66. The van der Waals surface area contributed by atoms with Crippen LogP contribution in [-0.4, -0.2) is 25.1 Å². The summed E-state index contributed by atoms with van der Waals surface area (Å²) in [6.45, 7) is 0. The van der Waals surface area contributed by atoms with Crippen molar-refractivity contribution in [2.45, 2.75) is 12.5 Å². The molecule has 1 unspecified atom stereocenters. The summed E-state index contributed by atoms with van der Waals surface area (Å²) < 4.78 is 15.5. The van der Waals surface area contributed by atoms with E-state index in [1.165, 1.54) is 30.3 Å². The lowest BCUT2D eigenvalue weighted by molar-refractivity contribution is 0.170. The summed E-state index contributed by atoms with van der Waals surface area (Å²) in [5.41, 5.74) is 0.451. The second-order valence-corrected chi connectivity index (χ2v) is 5.82. The van der Waals surface area contributed by atoms with Gasteiger partial charge in [-0.05, 0) is 29.8 Å². The third kappa shape index (κ3) is 4.22. The minimum absolute atomic E-state index is 0.0174. The number of hydrogen-bond donors (Lipinski definition) is 5. The van der Waals surface area contributed by atoms with Crippen molar-refractivity contribution in [3.8, 4) is 17.2 Å². The van der Waals surface area contributed by atoms with Crippen molar-refractivity contribution < 1.29 is 34.2 Å². The number of phosphoric acid groups is 1. The molecule has 5 N–H and O–H groups in total. The topological polar surface area (TPSA) is 127 Å². The number of benzene rings is 2. The summed E-state index contributed by atoms with van der Waals surface area (Å²) in [5.74, 6) is -0.631. The molecule has 2 rings (SSSR count). The molecule has 0 saturated heterocycles. The Morgan fingerprint density at radius 1 is 1.09 bits per heavy atom. The van der Waals surface area contributed by atoms with E-state index in [0.717, 1.165) is 0 Å². The molecule has 0 spiro atoms. The third-order valence-corrected chi connectivity index (χ3v) is 3.37. The van der Waals surface area contributed by atoms with Crippen LogP contribution in [0.2, 0.25) is 0 Å². The number of hydrogen-bond acceptors (Lipinski definition) is 5. The van der Waals surface area contributed by atoms with Gasteiger partial charge in [0.1, 0.15) is 17.2 Å². The molecule has 0 aliphatic rings. The highest BCUT2D eigenvalue weighted by molar-refractivity contribution is 7.46. The van der Waals surface area contributed by atoms with Crippen molar-refractivity contribution in [2.75, 3.05) is 0 Å². The Hall–Kier alpha value is -2.05. The number of phenolic OH excluding ortho intramolecular Hbond substituents is 2. The molecule has 0 aromatic heterocycles. The largest absolute Gasteiger partial charge is 0.524 e. The lowest BCUT2D eigenvalue weighted by atomic mass is 9.99. The molecule has 0 amide bonds. The summed E-state index contributed by atoms with van der Waals surface area (Å²) in [5, 5.41) is 29.5. The number of aromatic hydroxyl groups is 2. The van der Waals surface area contributed by atoms with E-state index < -0.39 is 13.9 Å². The Bertz CT molecular complexity index is 710. The van der Waals surface area contributed by atoms with E-state index in [0.29, 0.717) is 5.56 Å². The lowest BCUT2D eigenvalue weighted by Gasteiger charge is -2.17. The van der Waals surface area contributed by atoms with E-state index in [1.807, 2.05) is 0 Å². The van der Waals surface area contributed by atoms with Gasteiger partial charge in [-0.3, -0.25) is 9.79 Å². The van der Waals surface area contributed by atoms with E-state index in [-0.39, 0.29) is 29.2 Å². The predicted octanol–water partition coefficient (Wildman–Crippen LogP) is 1.85. The SMILES string of the molecule is O=P(O)(O)Oc1cccc(O)c1C(O)Cc1cccc(O)c1. The van der Waals surface area contributed by atoms with Crippen molar-refractivity contribution in [3.63, 3.8) is 0 Å². The van der Waals surface area contributed by atoms with Crippen LogP contribution in [0.5, 0.6) is 17.2 Å². The highest BCUT2D eigenvalue weighted by Crippen LogP contribution is 2.43. The second kappa shape index (κ2) is 6.37. The summed E-state index contributed by atoms with van der Waals surface area (Å²) in [7, 11) is -4.83. The van der Waals surface area contributed by atoms with Gasteiger partial charge in [-0.1, -0.05) is 18.2 Å². The molecule has 0 heterocycles. The first kappa shape index (κ1) is 16.3. The highest BCUT2D eigenvalue weighted by atomic mass is 31.2. The number of aliphatic hydroxyl groups excluding tert-OH is 1. The molecule has 0 saturated carbocycles. The van der Waals surface area contributed by atoms with Crippen LogP contribution in [0.1, 0.15) is 17.2 Å². The standard InChI is InChI=1S/C14H15O7P/c15-10-4-1-3-9(7-10)8-12(17)14-11(16)5-2-6-13(14)21-22(18,19)20/h1-7,12,15-17H,8H2,(H2,18,19,20). The molecule has 2 aromatic carbocycles. The maximum Gasteiger partial charge on any atom is 0.524 e. The normalized spacial score (nSPS) is 12.9. The molecular weight excluding hydrogens is 311 g/mol. The minimum atomic E-state index is -4.83. The van der Waals surface area contributed by atoms with Gasteiger partial charge in [0.25, 0.3) is 0 Å². The van der Waals surface area contributed by atoms with Crippen molar-refractivity contribution in [1.29, 1.82) is 0 Å². The molecule has 8 heteroatoms. The Morgan fingerprint density at radius 3 is 2.41 bits per heavy atom. The van der Waals surface area contributed by atoms with Crippen LogP contribution in [0.3, 0.4) is 0 Å². The van der Waals surface area contributed by atoms with E-state index in [9.17, 15) is 19.9 Å². The van der Waals surface area contributed by atoms with Gasteiger partial charge >= 0.3 is 7.82 Å². The Balaban J connectivity index is 2.32. The van der Waals surface area contributed by atoms with Crippen LogP contribution in [0.4, 0.5) is 0 Å². The molecule has 0 aliphatic heterocycles. The van der Waals surface area contributed by atoms with Gasteiger partial charge < -0.3 is 19.8 Å². The van der Waals surface area contributed by atoms with Gasteiger partial charge in [0.2, 0.25) is 0 Å². The van der Waals surface area contributed by atoms with Crippen molar-refractivity contribution >= 4 is 7.82 Å². The fourth-order valence-electron chi connectivity index (χ4n) is 2.08. The zero-order valence-corrected chi connectivity index (χ0v) is 12.2. The predicted molar refractivity (Wildman–Crippen MR) is 77.5 cm³/mol. The molecule has 0 bridgehead atoms. The summed E-state index contributed by atoms with van der Waals surface area (Å²) in [4.78, 5) is 17.8. The summed E-state index contributed by atoms with van der Waals surface area (Å²) >= 11 is 0. The van der Waals surface area contributed by atoms with Crippen LogP contribution in [0.15, 0.2) is 42.5 Å². The Kier molecular flexibility index (Phi) is 4.73. The van der Waals surface area contributed by atoms with E-state index >= 15 is 0 Å². The fraction of sp³-hybridized carbons (Fsp3) is 0.143. The first-order valence-electron chi connectivity index (χ1n) is 6.29. The quantitative estimate of drug-likeness (QED) is 0.530. The van der Waals surface area contributed by atoms with Crippen molar-refractivity contribution in [3.05, 3.63) is 53.6 Å². The smallest absolute Gasteiger partial charge is 0.508 e. The maximum atomic E-state index is 11.0. The lowest BCUT2D eigenvalue weighted by Crippen LogP contribution is -2.05. The average molecular weight is 326 g/mol. The van der Waals surface area contributed by atoms with E-state index in [1.54, 1.807) is 12.1 Å². The highest BCUT2D eigenvalue weighted by Gasteiger charge is 2.24. The van der Waals surface area contributed by atoms with Crippen LogP contribution in [-0.2, 0) is 11.0 Å². The molecule has 118 valence electrons. The summed E-state index contributed by atoms with van der Waals surface area (Å²) in [6, 6.07) is 10.0. The van der Waals surface area contributed by atoms with Crippen molar-refractivity contribution in [1.82, 2.24) is 0 Å². The minimum Gasteiger partial charge on any atom is -0.508 e. The Morgan fingerprint density at radius 2 is 1.77 bits per heavy atom. The average Bonchev–Trinajstić information content (AvgIpc) is 2.36.